The van der Waals surface area contributed by atoms with E-state index < -0.39 is 18.9 Å². The topological polar surface area (TPSA) is 0 Å². The second-order valence-electron chi connectivity index (χ2n) is 3.54. The maximum absolute atomic E-state index is 6.01. The predicted octanol–water partition coefficient (Wildman–Crippen LogP) is 3.79. The molecule has 0 saturated carbocycles. The summed E-state index contributed by atoms with van der Waals surface area (Å²) in [7, 11) is 12.0. The van der Waals surface area contributed by atoms with Gasteiger partial charge in [-0.15, -0.1) is 0 Å². The molecule has 11 heavy (non-hydrogen) atoms. The molecule has 0 aromatic carbocycles. The average molecular weight is 274 g/mol. The first-order valence-corrected chi connectivity index (χ1v) is 11.5. The van der Waals surface area contributed by atoms with E-state index in [9.17, 15) is 0 Å². The first-order valence-electron chi connectivity index (χ1n) is 3.99. The van der Waals surface area contributed by atoms with Crippen molar-refractivity contribution < 1.29 is 18.9 Å². The van der Waals surface area contributed by atoms with Crippen LogP contribution in [0.4, 0.5) is 0 Å². The van der Waals surface area contributed by atoms with Crippen molar-refractivity contribution in [3.05, 3.63) is 0 Å². The van der Waals surface area contributed by atoms with Gasteiger partial charge in [0.05, 0.1) is 0 Å². The van der Waals surface area contributed by atoms with Crippen LogP contribution in [0.2, 0.25) is 0 Å². The summed E-state index contributed by atoms with van der Waals surface area (Å²) in [5.74, 6) is 1.28. The van der Waals surface area contributed by atoms with Gasteiger partial charge in [-0.1, -0.05) is 0 Å². The van der Waals surface area contributed by atoms with Crippen LogP contribution in [0, 0.1) is 11.8 Å². The second-order valence-corrected chi connectivity index (χ2v) is 12.0. The van der Waals surface area contributed by atoms with Crippen LogP contribution in [0.3, 0.4) is 0 Å². The minimum atomic E-state index is -2.06. The molecule has 0 bridgehead atoms. The predicted molar refractivity (Wildman–Crippen MR) is 51.0 cm³/mol. The van der Waals surface area contributed by atoms with Crippen LogP contribution in [0.15, 0.2) is 0 Å². The molecule has 0 heterocycles. The molecular formula is C8H16Cl2Zr. The summed E-state index contributed by atoms with van der Waals surface area (Å²) in [6.07, 6.45) is 1.12. The molecule has 0 N–H and O–H groups in total. The first-order chi connectivity index (χ1) is 4.95. The minimum absolute atomic E-state index is 0.585. The van der Waals surface area contributed by atoms with E-state index in [0.29, 0.717) is 11.8 Å². The molecule has 0 saturated heterocycles. The molecule has 3 heteroatoms. The third-order valence-corrected chi connectivity index (χ3v) is 7.55. The van der Waals surface area contributed by atoms with Crippen molar-refractivity contribution in [1.29, 1.82) is 0 Å². The van der Waals surface area contributed by atoms with Gasteiger partial charge in [0, 0.05) is 0 Å². The van der Waals surface area contributed by atoms with Gasteiger partial charge in [-0.25, -0.2) is 0 Å². The molecule has 0 radical (unpaired) electrons. The van der Waals surface area contributed by atoms with Crippen LogP contribution in [0.25, 0.3) is 0 Å². The molecule has 0 unspecified atom stereocenters. The van der Waals surface area contributed by atoms with Gasteiger partial charge >= 0.3 is 85.1 Å². The van der Waals surface area contributed by atoms with Crippen molar-refractivity contribution in [3.63, 3.8) is 0 Å². The zero-order valence-corrected chi connectivity index (χ0v) is 11.6. The summed E-state index contributed by atoms with van der Waals surface area (Å²) in [5.41, 5.74) is 0. The van der Waals surface area contributed by atoms with Crippen LogP contribution < -0.4 is 0 Å². The maximum atomic E-state index is 6.01. The molecular weight excluding hydrogens is 258 g/mol. The van der Waals surface area contributed by atoms with Gasteiger partial charge < -0.3 is 0 Å². The van der Waals surface area contributed by atoms with Gasteiger partial charge in [0.1, 0.15) is 0 Å². The molecule has 0 nitrogen and oxygen atoms in total. The molecule has 0 fully saturated rings. The molecule has 0 atom stereocenters. The van der Waals surface area contributed by atoms with Crippen molar-refractivity contribution in [3.8, 4) is 0 Å². The van der Waals surface area contributed by atoms with Crippen molar-refractivity contribution >= 4 is 20.2 Å². The third kappa shape index (κ3) is 5.55. The number of rotatable bonds is 3. The molecule has 0 aromatic rings. The summed E-state index contributed by atoms with van der Waals surface area (Å²) in [4.78, 5) is 0. The fourth-order valence-electron chi connectivity index (χ4n) is 0.971. The fraction of sp³-hybridized carbons (Fsp3) is 0.875. The van der Waals surface area contributed by atoms with Crippen molar-refractivity contribution in [2.24, 2.45) is 11.8 Å². The van der Waals surface area contributed by atoms with E-state index in [4.69, 9.17) is 17.0 Å². The van der Waals surface area contributed by atoms with Crippen molar-refractivity contribution in [2.45, 2.75) is 34.1 Å². The van der Waals surface area contributed by atoms with E-state index in [1.165, 1.54) is 3.21 Å². The standard InChI is InChI=1S/C8H16.2ClH.Zr/c1-7(2)5-6-8(3)4;;;/h7-8H,5H2,1-4H3;2*1H;/q;;;+2/p-2. The Labute approximate surface area is 84.5 Å². The Morgan fingerprint density at radius 3 is 1.73 bits per heavy atom. The van der Waals surface area contributed by atoms with Gasteiger partial charge in [-0.3, -0.25) is 0 Å². The van der Waals surface area contributed by atoms with Crippen LogP contribution in [0.1, 0.15) is 34.1 Å². The van der Waals surface area contributed by atoms with Crippen LogP contribution in [-0.4, -0.2) is 3.21 Å². The summed E-state index contributed by atoms with van der Waals surface area (Å²) in [6.45, 7) is 8.79. The van der Waals surface area contributed by atoms with Crippen molar-refractivity contribution in [1.82, 2.24) is 0 Å². The van der Waals surface area contributed by atoms with E-state index in [2.05, 4.69) is 27.7 Å². The van der Waals surface area contributed by atoms with Gasteiger partial charge in [0.25, 0.3) is 0 Å². The fourth-order valence-corrected chi connectivity index (χ4v) is 6.92. The third-order valence-electron chi connectivity index (χ3n) is 1.57. The SMILES string of the molecule is CC(C)C[C](C(C)C)=[Zr]([Cl])[Cl]. The van der Waals surface area contributed by atoms with Gasteiger partial charge in [-0.05, 0) is 0 Å². The Morgan fingerprint density at radius 1 is 1.18 bits per heavy atom. The molecule has 0 aliphatic rings. The van der Waals surface area contributed by atoms with E-state index >= 15 is 0 Å². The normalized spacial score (nSPS) is 10.9. The Balaban J connectivity index is 4.26. The molecule has 0 aliphatic carbocycles. The number of halogens is 2. The van der Waals surface area contributed by atoms with E-state index in [1.807, 2.05) is 0 Å². The molecule has 66 valence electrons. The molecule has 0 spiro atoms. The Kier molecular flexibility index (Phi) is 6.60. The Hall–Kier alpha value is 1.33. The quantitative estimate of drug-likeness (QED) is 0.734. The molecule has 0 rings (SSSR count). The van der Waals surface area contributed by atoms with E-state index in [1.54, 1.807) is 0 Å². The van der Waals surface area contributed by atoms with E-state index in [-0.39, 0.29) is 0 Å². The molecule has 0 aliphatic heterocycles. The summed E-state index contributed by atoms with van der Waals surface area (Å²) in [5, 5.41) is 0. The monoisotopic (exact) mass is 272 g/mol. The van der Waals surface area contributed by atoms with Gasteiger partial charge in [0.2, 0.25) is 0 Å². The summed E-state index contributed by atoms with van der Waals surface area (Å²) in [6, 6.07) is 0. The van der Waals surface area contributed by atoms with Crippen LogP contribution >= 0.6 is 17.0 Å². The number of hydrogen-bond acceptors (Lipinski definition) is 0. The zero-order valence-electron chi connectivity index (χ0n) is 7.62. The van der Waals surface area contributed by atoms with E-state index in [0.717, 1.165) is 6.42 Å². The van der Waals surface area contributed by atoms with Crippen molar-refractivity contribution in [2.75, 3.05) is 0 Å². The molecule has 0 amide bonds. The Bertz CT molecular complexity index is 146. The second kappa shape index (κ2) is 5.89. The summed E-state index contributed by atoms with van der Waals surface area (Å²) < 4.78 is 1.45. The average Bonchev–Trinajstić information content (AvgIpc) is 1.81. The van der Waals surface area contributed by atoms with Crippen LogP contribution in [0.5, 0.6) is 0 Å². The zero-order chi connectivity index (χ0) is 9.02. The van der Waals surface area contributed by atoms with Gasteiger partial charge in [-0.2, -0.15) is 0 Å². The number of hydrogen-bond donors (Lipinski definition) is 0. The first kappa shape index (κ1) is 12.3. The van der Waals surface area contributed by atoms with Crippen LogP contribution in [-0.2, 0) is 18.9 Å². The Morgan fingerprint density at radius 2 is 1.64 bits per heavy atom. The van der Waals surface area contributed by atoms with Gasteiger partial charge in [0.15, 0.2) is 0 Å². The summed E-state index contributed by atoms with van der Waals surface area (Å²) >= 11 is -2.06. The molecule has 0 aromatic heterocycles.